The fourth-order valence-corrected chi connectivity index (χ4v) is 5.35. The minimum absolute atomic E-state index is 0.230. The number of hydrogen-bond donors (Lipinski definition) is 0. The molecule has 0 unspecified atom stereocenters. The van der Waals surface area contributed by atoms with Gasteiger partial charge in [0.15, 0.2) is 0 Å². The van der Waals surface area contributed by atoms with Crippen LogP contribution in [0.1, 0.15) is 42.0 Å². The first-order chi connectivity index (χ1) is 15.2. The van der Waals surface area contributed by atoms with E-state index >= 15 is 4.39 Å². The molecule has 2 heterocycles. The molecule has 0 atom stereocenters. The van der Waals surface area contributed by atoms with Crippen LogP contribution in [0.5, 0.6) is 0 Å². The predicted octanol–water partition coefficient (Wildman–Crippen LogP) is 7.34. The van der Waals surface area contributed by atoms with Crippen LogP contribution in [-0.2, 0) is 16.0 Å². The maximum absolute atomic E-state index is 15.1. The molecule has 1 saturated carbocycles. The Hall–Kier alpha value is -2.92. The molecule has 0 aliphatic heterocycles. The number of methoxy groups -OCH3 is 1. The molecular weight excluding hydrogens is 411 g/mol. The second-order valence-electron chi connectivity index (χ2n) is 7.97. The summed E-state index contributed by atoms with van der Waals surface area (Å²) < 4.78 is 26.2. The second kappa shape index (κ2) is 8.31. The van der Waals surface area contributed by atoms with Gasteiger partial charge in [-0.3, -0.25) is 4.79 Å². The molecule has 1 aliphatic rings. The van der Waals surface area contributed by atoms with Crippen LogP contribution in [0.15, 0.2) is 59.0 Å². The van der Waals surface area contributed by atoms with Crippen molar-refractivity contribution in [3.05, 3.63) is 70.9 Å². The Kier molecular flexibility index (Phi) is 5.36. The molecule has 1 aliphatic carbocycles. The highest BCUT2D eigenvalue weighted by atomic mass is 32.1. The number of carbonyl (C=O) groups is 1. The summed E-state index contributed by atoms with van der Waals surface area (Å²) in [6, 6.07) is 17.2. The monoisotopic (exact) mass is 434 g/mol. The van der Waals surface area contributed by atoms with Gasteiger partial charge in [-0.05, 0) is 55.9 Å². The van der Waals surface area contributed by atoms with Gasteiger partial charge in [0.1, 0.15) is 17.2 Å². The summed E-state index contributed by atoms with van der Waals surface area (Å²) in [6.45, 7) is 0. The molecule has 0 bridgehead atoms. The third kappa shape index (κ3) is 3.90. The molecule has 1 fully saturated rings. The van der Waals surface area contributed by atoms with Gasteiger partial charge in [0.2, 0.25) is 0 Å². The number of thiophene rings is 1. The first-order valence-electron chi connectivity index (χ1n) is 10.6. The molecule has 31 heavy (non-hydrogen) atoms. The average molecular weight is 435 g/mol. The molecule has 0 spiro atoms. The Balaban J connectivity index is 1.61. The van der Waals surface area contributed by atoms with Gasteiger partial charge in [0.25, 0.3) is 0 Å². The van der Waals surface area contributed by atoms with E-state index in [1.54, 1.807) is 17.4 Å². The van der Waals surface area contributed by atoms with Crippen molar-refractivity contribution in [2.45, 2.75) is 38.0 Å². The molecule has 5 heteroatoms. The molecule has 0 amide bonds. The van der Waals surface area contributed by atoms with Crippen molar-refractivity contribution in [1.29, 1.82) is 0 Å². The van der Waals surface area contributed by atoms with Crippen LogP contribution in [0.3, 0.4) is 0 Å². The van der Waals surface area contributed by atoms with E-state index in [1.807, 2.05) is 36.4 Å². The highest BCUT2D eigenvalue weighted by Gasteiger charge is 2.27. The molecule has 0 saturated heterocycles. The number of hydrogen-bond acceptors (Lipinski definition) is 4. The van der Waals surface area contributed by atoms with Crippen LogP contribution in [0.4, 0.5) is 4.39 Å². The van der Waals surface area contributed by atoms with Crippen molar-refractivity contribution < 1.29 is 18.3 Å². The lowest BCUT2D eigenvalue weighted by Gasteiger charge is -2.10. The summed E-state index contributed by atoms with van der Waals surface area (Å²) in [5.41, 5.74) is 3.12. The van der Waals surface area contributed by atoms with Crippen LogP contribution in [-0.4, -0.2) is 13.1 Å². The maximum Gasteiger partial charge on any atom is 0.305 e. The number of furan rings is 1. The van der Waals surface area contributed by atoms with E-state index in [9.17, 15) is 4.79 Å². The lowest BCUT2D eigenvalue weighted by Crippen LogP contribution is -2.01. The normalized spacial score (nSPS) is 13.6. The van der Waals surface area contributed by atoms with Crippen molar-refractivity contribution >= 4 is 28.3 Å². The first-order valence-corrected chi connectivity index (χ1v) is 11.4. The fraction of sp³-hybridized carbons (Fsp3) is 0.269. The van der Waals surface area contributed by atoms with Gasteiger partial charge in [-0.15, -0.1) is 11.3 Å². The number of halogens is 1. The van der Waals surface area contributed by atoms with E-state index < -0.39 is 0 Å². The number of rotatable bonds is 7. The Morgan fingerprint density at radius 2 is 1.97 bits per heavy atom. The zero-order chi connectivity index (χ0) is 21.4. The average Bonchev–Trinajstić information content (AvgIpc) is 3.41. The standard InChI is InChI=1S/C26H23FO3S/c1-29-24(28)11-5-7-18-17-6-2-3-10-21(17)30-26(18)19-8-4-9-20(27)25(19)23-15-14-22(31-23)16-12-13-16/h2-4,6,8-10,14-16H,5,7,11-13H2,1H3. The van der Waals surface area contributed by atoms with Gasteiger partial charge < -0.3 is 9.15 Å². The number of esters is 1. The second-order valence-corrected chi connectivity index (χ2v) is 9.09. The summed E-state index contributed by atoms with van der Waals surface area (Å²) in [4.78, 5) is 13.9. The lowest BCUT2D eigenvalue weighted by atomic mass is 9.96. The predicted molar refractivity (Wildman–Crippen MR) is 122 cm³/mol. The van der Waals surface area contributed by atoms with Crippen LogP contribution < -0.4 is 0 Å². The molecule has 2 aromatic heterocycles. The van der Waals surface area contributed by atoms with Gasteiger partial charge in [-0.1, -0.05) is 30.3 Å². The minimum atomic E-state index is -0.248. The molecule has 4 aromatic rings. The Labute approximate surface area is 184 Å². The SMILES string of the molecule is COC(=O)CCCc1c(-c2cccc(F)c2-c2ccc(C3CC3)s2)oc2ccccc12. The quantitative estimate of drug-likeness (QED) is 0.286. The van der Waals surface area contributed by atoms with E-state index in [2.05, 4.69) is 6.07 Å². The molecule has 2 aromatic carbocycles. The summed E-state index contributed by atoms with van der Waals surface area (Å²) in [7, 11) is 1.40. The zero-order valence-electron chi connectivity index (χ0n) is 17.3. The van der Waals surface area contributed by atoms with Gasteiger partial charge in [-0.2, -0.15) is 0 Å². The van der Waals surface area contributed by atoms with Crippen LogP contribution in [0.25, 0.3) is 32.7 Å². The molecule has 3 nitrogen and oxygen atoms in total. The summed E-state index contributed by atoms with van der Waals surface area (Å²) in [6.07, 6.45) is 4.06. The summed E-state index contributed by atoms with van der Waals surface area (Å²) >= 11 is 1.67. The largest absolute Gasteiger partial charge is 0.469 e. The van der Waals surface area contributed by atoms with E-state index in [-0.39, 0.29) is 11.8 Å². The number of benzene rings is 2. The molecule has 0 radical (unpaired) electrons. The number of para-hydroxylation sites is 1. The fourth-order valence-electron chi connectivity index (χ4n) is 4.11. The number of ether oxygens (including phenoxy) is 1. The van der Waals surface area contributed by atoms with Crippen molar-refractivity contribution in [1.82, 2.24) is 0 Å². The lowest BCUT2D eigenvalue weighted by molar-refractivity contribution is -0.140. The zero-order valence-corrected chi connectivity index (χ0v) is 18.1. The molecule has 5 rings (SSSR count). The highest BCUT2D eigenvalue weighted by Crippen LogP contribution is 2.47. The van der Waals surface area contributed by atoms with Crippen LogP contribution in [0, 0.1) is 5.82 Å². The molecule has 158 valence electrons. The van der Waals surface area contributed by atoms with Crippen LogP contribution in [0.2, 0.25) is 0 Å². The van der Waals surface area contributed by atoms with E-state index in [1.165, 1.54) is 30.9 Å². The smallest absolute Gasteiger partial charge is 0.305 e. The topological polar surface area (TPSA) is 39.4 Å². The van der Waals surface area contributed by atoms with E-state index in [0.29, 0.717) is 36.5 Å². The van der Waals surface area contributed by atoms with Crippen LogP contribution >= 0.6 is 11.3 Å². The molecule has 0 N–H and O–H groups in total. The van der Waals surface area contributed by atoms with Gasteiger partial charge in [0.05, 0.1) is 7.11 Å². The van der Waals surface area contributed by atoms with Crippen molar-refractivity contribution in [3.8, 4) is 21.8 Å². The first kappa shape index (κ1) is 20.0. The Morgan fingerprint density at radius 1 is 1.13 bits per heavy atom. The Morgan fingerprint density at radius 3 is 2.77 bits per heavy atom. The third-order valence-corrected chi connectivity index (χ3v) is 7.11. The minimum Gasteiger partial charge on any atom is -0.469 e. The maximum atomic E-state index is 15.1. The van der Waals surface area contributed by atoms with Gasteiger partial charge >= 0.3 is 5.97 Å². The summed E-state index contributed by atoms with van der Waals surface area (Å²) in [5, 5.41) is 1.00. The van der Waals surface area contributed by atoms with Gasteiger partial charge in [-0.25, -0.2) is 4.39 Å². The van der Waals surface area contributed by atoms with Crippen molar-refractivity contribution in [2.24, 2.45) is 0 Å². The van der Waals surface area contributed by atoms with E-state index in [0.717, 1.165) is 27.0 Å². The third-order valence-electron chi connectivity index (χ3n) is 5.84. The highest BCUT2D eigenvalue weighted by molar-refractivity contribution is 7.15. The van der Waals surface area contributed by atoms with E-state index in [4.69, 9.17) is 9.15 Å². The number of carbonyl (C=O) groups excluding carboxylic acids is 1. The number of aryl methyl sites for hydroxylation is 1. The summed E-state index contributed by atoms with van der Waals surface area (Å²) in [5.74, 6) is 0.839. The van der Waals surface area contributed by atoms with Crippen molar-refractivity contribution in [3.63, 3.8) is 0 Å². The number of fused-ring (bicyclic) bond motifs is 1. The van der Waals surface area contributed by atoms with Gasteiger partial charge in [0, 0.05) is 38.3 Å². The van der Waals surface area contributed by atoms with Crippen molar-refractivity contribution in [2.75, 3.05) is 7.11 Å². The molecular formula is C26H23FO3S. The Bertz CT molecular complexity index is 1250.